The summed E-state index contributed by atoms with van der Waals surface area (Å²) >= 11 is 0. The second-order valence-electron chi connectivity index (χ2n) is 2.11. The zero-order chi connectivity index (χ0) is 7.28. The molecule has 0 unspecified atom stereocenters. The third-order valence-electron chi connectivity index (χ3n) is 1.08. The van der Waals surface area contributed by atoms with Crippen LogP contribution >= 0.6 is 0 Å². The Kier molecular flexibility index (Phi) is 3.46. The molecule has 9 heavy (non-hydrogen) atoms. The molecule has 0 radical (unpaired) electrons. The lowest BCUT2D eigenvalue weighted by Crippen LogP contribution is -1.93. The highest BCUT2D eigenvalue weighted by atomic mass is 14.3. The SMILES string of the molecule is C#C/C=C(\C=N)C(C)C. The first-order chi connectivity index (χ1) is 4.22. The van der Waals surface area contributed by atoms with Gasteiger partial charge in [-0.2, -0.15) is 0 Å². The first-order valence-corrected chi connectivity index (χ1v) is 2.89. The summed E-state index contributed by atoms with van der Waals surface area (Å²) < 4.78 is 0. The quantitative estimate of drug-likeness (QED) is 0.426. The molecule has 0 aromatic heterocycles. The van der Waals surface area contributed by atoms with Crippen molar-refractivity contribution in [3.8, 4) is 12.3 Å². The lowest BCUT2D eigenvalue weighted by molar-refractivity contribution is 0.806. The number of hydrogen-bond donors (Lipinski definition) is 1. The molecule has 0 aliphatic heterocycles. The minimum absolute atomic E-state index is 0.360. The maximum atomic E-state index is 6.90. The predicted molar refractivity (Wildman–Crippen MR) is 40.5 cm³/mol. The van der Waals surface area contributed by atoms with E-state index >= 15 is 0 Å². The smallest absolute Gasteiger partial charge is 0.0218 e. The molecule has 0 spiro atoms. The van der Waals surface area contributed by atoms with Gasteiger partial charge in [-0.25, -0.2) is 0 Å². The van der Waals surface area contributed by atoms with Crippen molar-refractivity contribution in [2.24, 2.45) is 5.92 Å². The maximum Gasteiger partial charge on any atom is 0.0218 e. The largest absolute Gasteiger partial charge is 0.308 e. The molecule has 1 nitrogen and oxygen atoms in total. The summed E-state index contributed by atoms with van der Waals surface area (Å²) in [6.45, 7) is 4.02. The molecule has 1 N–H and O–H groups in total. The van der Waals surface area contributed by atoms with Crippen LogP contribution in [0, 0.1) is 23.7 Å². The van der Waals surface area contributed by atoms with Crippen LogP contribution in [0.3, 0.4) is 0 Å². The van der Waals surface area contributed by atoms with E-state index in [1.807, 2.05) is 13.8 Å². The van der Waals surface area contributed by atoms with Crippen LogP contribution < -0.4 is 0 Å². The normalized spacial score (nSPS) is 11.1. The van der Waals surface area contributed by atoms with E-state index in [1.165, 1.54) is 6.21 Å². The van der Waals surface area contributed by atoms with E-state index in [0.717, 1.165) is 5.57 Å². The van der Waals surface area contributed by atoms with Gasteiger partial charge >= 0.3 is 0 Å². The molecule has 0 amide bonds. The standard InChI is InChI=1S/C8H11N/c1-4-5-8(6-9)7(2)3/h1,5-7,9H,2-3H3/b8-5+,9-6?. The van der Waals surface area contributed by atoms with E-state index in [9.17, 15) is 0 Å². The monoisotopic (exact) mass is 121 g/mol. The Morgan fingerprint density at radius 2 is 2.22 bits per heavy atom. The second kappa shape index (κ2) is 3.91. The van der Waals surface area contributed by atoms with Gasteiger partial charge in [0.2, 0.25) is 0 Å². The molecule has 0 heterocycles. The fourth-order valence-electron chi connectivity index (χ4n) is 0.471. The summed E-state index contributed by atoms with van der Waals surface area (Å²) in [6.07, 6.45) is 7.93. The predicted octanol–water partition coefficient (Wildman–Crippen LogP) is 1.85. The fraction of sp³-hybridized carbons (Fsp3) is 0.375. The summed E-state index contributed by atoms with van der Waals surface area (Å²) in [4.78, 5) is 0. The lowest BCUT2D eigenvalue weighted by Gasteiger charge is -2.00. The van der Waals surface area contributed by atoms with E-state index in [1.54, 1.807) is 6.08 Å². The summed E-state index contributed by atoms with van der Waals surface area (Å²) in [6, 6.07) is 0. The van der Waals surface area contributed by atoms with E-state index in [0.29, 0.717) is 5.92 Å². The summed E-state index contributed by atoms with van der Waals surface area (Å²) in [7, 11) is 0. The van der Waals surface area contributed by atoms with Crippen LogP contribution in [-0.4, -0.2) is 6.21 Å². The van der Waals surface area contributed by atoms with E-state index < -0.39 is 0 Å². The Labute approximate surface area is 56.3 Å². The average Bonchev–Trinajstić information content (AvgIpc) is 1.82. The summed E-state index contributed by atoms with van der Waals surface area (Å²) in [5.74, 6) is 2.75. The van der Waals surface area contributed by atoms with Crippen molar-refractivity contribution in [3.05, 3.63) is 11.6 Å². The molecule has 1 heteroatoms. The number of hydrogen-bond acceptors (Lipinski definition) is 1. The highest BCUT2D eigenvalue weighted by Gasteiger charge is 1.95. The zero-order valence-electron chi connectivity index (χ0n) is 5.81. The number of terminal acetylenes is 1. The van der Waals surface area contributed by atoms with Crippen LogP contribution in [0.25, 0.3) is 0 Å². The first-order valence-electron chi connectivity index (χ1n) is 2.89. The van der Waals surface area contributed by atoms with Gasteiger partial charge in [0.25, 0.3) is 0 Å². The van der Waals surface area contributed by atoms with E-state index in [2.05, 4.69) is 5.92 Å². The molecule has 0 atom stereocenters. The van der Waals surface area contributed by atoms with Crippen LogP contribution in [0.15, 0.2) is 11.6 Å². The molecule has 0 aromatic carbocycles. The third-order valence-corrected chi connectivity index (χ3v) is 1.08. The fourth-order valence-corrected chi connectivity index (χ4v) is 0.471. The van der Waals surface area contributed by atoms with Crippen LogP contribution in [0.2, 0.25) is 0 Å². The molecule has 0 rings (SSSR count). The molecule has 0 aliphatic rings. The molecule has 0 saturated carbocycles. The van der Waals surface area contributed by atoms with Crippen molar-refractivity contribution < 1.29 is 0 Å². The maximum absolute atomic E-state index is 6.90. The van der Waals surface area contributed by atoms with Gasteiger partial charge in [-0.3, -0.25) is 0 Å². The van der Waals surface area contributed by atoms with Gasteiger partial charge in [-0.05, 0) is 17.6 Å². The Balaban J connectivity index is 4.19. The molecule has 48 valence electrons. The molecular weight excluding hydrogens is 110 g/mol. The first kappa shape index (κ1) is 7.97. The Bertz CT molecular complexity index is 158. The number of allylic oxidation sites excluding steroid dienone is 2. The van der Waals surface area contributed by atoms with Crippen LogP contribution in [0.5, 0.6) is 0 Å². The molecule has 0 bridgehead atoms. The van der Waals surface area contributed by atoms with Crippen molar-refractivity contribution >= 4 is 6.21 Å². The lowest BCUT2D eigenvalue weighted by atomic mass is 10.1. The number of rotatable bonds is 2. The summed E-state index contributed by atoms with van der Waals surface area (Å²) in [5.41, 5.74) is 0.900. The van der Waals surface area contributed by atoms with Crippen molar-refractivity contribution in [3.63, 3.8) is 0 Å². The average molecular weight is 121 g/mol. The van der Waals surface area contributed by atoms with Gasteiger partial charge in [-0.1, -0.05) is 19.8 Å². The highest BCUT2D eigenvalue weighted by Crippen LogP contribution is 2.04. The minimum atomic E-state index is 0.360. The minimum Gasteiger partial charge on any atom is -0.308 e. The van der Waals surface area contributed by atoms with E-state index in [4.69, 9.17) is 11.8 Å². The van der Waals surface area contributed by atoms with Gasteiger partial charge in [0.1, 0.15) is 0 Å². The van der Waals surface area contributed by atoms with Gasteiger partial charge in [0.05, 0.1) is 0 Å². The topological polar surface area (TPSA) is 23.9 Å². The highest BCUT2D eigenvalue weighted by molar-refractivity contribution is 5.77. The molecular formula is C8H11N. The molecule has 0 aromatic rings. The van der Waals surface area contributed by atoms with Crippen molar-refractivity contribution in [1.29, 1.82) is 5.41 Å². The Morgan fingerprint density at radius 1 is 1.67 bits per heavy atom. The molecule has 0 fully saturated rings. The van der Waals surface area contributed by atoms with Gasteiger partial charge < -0.3 is 5.41 Å². The Morgan fingerprint density at radius 3 is 2.33 bits per heavy atom. The van der Waals surface area contributed by atoms with Crippen molar-refractivity contribution in [1.82, 2.24) is 0 Å². The van der Waals surface area contributed by atoms with E-state index in [-0.39, 0.29) is 0 Å². The number of nitrogens with one attached hydrogen (secondary N) is 1. The summed E-state index contributed by atoms with van der Waals surface area (Å²) in [5, 5.41) is 6.90. The van der Waals surface area contributed by atoms with Crippen molar-refractivity contribution in [2.75, 3.05) is 0 Å². The van der Waals surface area contributed by atoms with Crippen molar-refractivity contribution in [2.45, 2.75) is 13.8 Å². The van der Waals surface area contributed by atoms with Crippen LogP contribution in [0.4, 0.5) is 0 Å². The zero-order valence-corrected chi connectivity index (χ0v) is 5.81. The van der Waals surface area contributed by atoms with Crippen LogP contribution in [0.1, 0.15) is 13.8 Å². The second-order valence-corrected chi connectivity index (χ2v) is 2.11. The Hall–Kier alpha value is -1.03. The molecule has 0 saturated heterocycles. The third kappa shape index (κ3) is 2.71. The van der Waals surface area contributed by atoms with Gasteiger partial charge in [0.15, 0.2) is 0 Å². The molecule has 0 aliphatic carbocycles. The van der Waals surface area contributed by atoms with Gasteiger partial charge in [0, 0.05) is 6.21 Å². The van der Waals surface area contributed by atoms with Gasteiger partial charge in [-0.15, -0.1) is 6.42 Å². The van der Waals surface area contributed by atoms with Crippen LogP contribution in [-0.2, 0) is 0 Å².